The fourth-order valence-electron chi connectivity index (χ4n) is 1.25. The number of ether oxygens (including phenoxy) is 2. The van der Waals surface area contributed by atoms with Crippen molar-refractivity contribution in [3.05, 3.63) is 44.5 Å². The van der Waals surface area contributed by atoms with E-state index in [0.29, 0.717) is 0 Å². The average molecular weight is 284 g/mol. The van der Waals surface area contributed by atoms with E-state index in [1.807, 2.05) is 0 Å². The molecule has 8 heteroatoms. The summed E-state index contributed by atoms with van der Waals surface area (Å²) in [5.74, 6) is 0.395. The van der Waals surface area contributed by atoms with Crippen LogP contribution in [0.1, 0.15) is 27.7 Å². The molecule has 0 unspecified atom stereocenters. The normalized spacial score (nSPS) is 11.8. The summed E-state index contributed by atoms with van der Waals surface area (Å²) < 4.78 is 10.5. The van der Waals surface area contributed by atoms with E-state index in [2.05, 4.69) is 0 Å². The van der Waals surface area contributed by atoms with Crippen LogP contribution < -0.4 is 9.47 Å². The lowest BCUT2D eigenvalue weighted by atomic mass is 10.2. The van der Waals surface area contributed by atoms with Crippen molar-refractivity contribution >= 4 is 0 Å². The van der Waals surface area contributed by atoms with Gasteiger partial charge in [-0.2, -0.15) is 0 Å². The largest absolute Gasteiger partial charge is 0.428 e. The van der Waals surface area contributed by atoms with E-state index in [9.17, 15) is 20.2 Å². The molecule has 0 radical (unpaired) electrons. The van der Waals surface area contributed by atoms with Crippen molar-refractivity contribution in [3.8, 4) is 11.5 Å². The number of nitro groups is 2. The Kier molecular flexibility index (Phi) is 4.17. The van der Waals surface area contributed by atoms with Gasteiger partial charge < -0.3 is 9.47 Å². The molecular weight excluding hydrogens is 268 g/mol. The van der Waals surface area contributed by atoms with E-state index in [1.165, 1.54) is 52.0 Å². The summed E-state index contributed by atoms with van der Waals surface area (Å²) in [6, 6.07) is 5.93. The first-order chi connectivity index (χ1) is 9.04. The summed E-state index contributed by atoms with van der Waals surface area (Å²) in [6.45, 7) is 5.23. The van der Waals surface area contributed by atoms with Crippen molar-refractivity contribution in [1.82, 2.24) is 0 Å². The van der Waals surface area contributed by atoms with Crippen LogP contribution in [0.4, 0.5) is 0 Å². The maximum absolute atomic E-state index is 10.8. The first kappa shape index (κ1) is 15.7. The summed E-state index contributed by atoms with van der Waals surface area (Å²) in [4.78, 5) is 20.4. The van der Waals surface area contributed by atoms with Crippen molar-refractivity contribution < 1.29 is 19.3 Å². The molecule has 0 heterocycles. The Labute approximate surface area is 115 Å². The molecule has 0 saturated carbocycles. The van der Waals surface area contributed by atoms with Gasteiger partial charge in [-0.25, -0.2) is 0 Å². The van der Waals surface area contributed by atoms with Crippen molar-refractivity contribution in [2.45, 2.75) is 39.1 Å². The molecule has 1 aromatic rings. The zero-order valence-electron chi connectivity index (χ0n) is 11.7. The summed E-state index contributed by atoms with van der Waals surface area (Å²) in [7, 11) is 0. The highest BCUT2D eigenvalue weighted by atomic mass is 16.7. The van der Waals surface area contributed by atoms with Crippen LogP contribution in [0, 0.1) is 20.2 Å². The molecule has 0 fully saturated rings. The number of hydrogen-bond donors (Lipinski definition) is 0. The van der Waals surface area contributed by atoms with Crippen molar-refractivity contribution in [3.63, 3.8) is 0 Å². The molecule has 0 amide bonds. The van der Waals surface area contributed by atoms with Gasteiger partial charge >= 0.3 is 11.4 Å². The van der Waals surface area contributed by atoms with Gasteiger partial charge in [0.05, 0.1) is 9.85 Å². The smallest absolute Gasteiger partial charge is 0.357 e. The third kappa shape index (κ3) is 3.81. The molecule has 0 atom stereocenters. The van der Waals surface area contributed by atoms with Crippen LogP contribution in [-0.2, 0) is 0 Å². The van der Waals surface area contributed by atoms with Crippen LogP contribution in [0.2, 0.25) is 0 Å². The van der Waals surface area contributed by atoms with E-state index in [-0.39, 0.29) is 11.5 Å². The quantitative estimate of drug-likeness (QED) is 0.451. The highest BCUT2D eigenvalue weighted by Gasteiger charge is 2.34. The molecule has 0 spiro atoms. The molecule has 20 heavy (non-hydrogen) atoms. The molecule has 0 N–H and O–H groups in total. The minimum Gasteiger partial charge on any atom is -0.428 e. The molecule has 0 aliphatic carbocycles. The maximum atomic E-state index is 10.8. The third-order valence-electron chi connectivity index (χ3n) is 2.42. The Hall–Kier alpha value is -2.38. The molecule has 0 aromatic heterocycles. The molecule has 110 valence electrons. The Morgan fingerprint density at radius 1 is 0.900 bits per heavy atom. The molecule has 0 aliphatic heterocycles. The molecule has 0 saturated heterocycles. The van der Waals surface area contributed by atoms with Crippen molar-refractivity contribution in [2.24, 2.45) is 0 Å². The second kappa shape index (κ2) is 5.32. The highest BCUT2D eigenvalue weighted by Crippen LogP contribution is 2.26. The minimum absolute atomic E-state index is 0.198. The van der Waals surface area contributed by atoms with Crippen LogP contribution >= 0.6 is 0 Å². The lowest BCUT2D eigenvalue weighted by Crippen LogP contribution is -2.38. The molecular formula is C12H16N2O6. The fraction of sp³-hybridized carbons (Fsp3) is 0.500. The van der Waals surface area contributed by atoms with Gasteiger partial charge in [-0.1, -0.05) is 6.07 Å². The predicted octanol–water partition coefficient (Wildman–Crippen LogP) is 2.47. The van der Waals surface area contributed by atoms with Crippen molar-refractivity contribution in [2.75, 3.05) is 0 Å². The standard InChI is InChI=1S/C12H16N2O6/c1-11(2,13(15)16)19-9-6-5-7-10(8-9)20-12(3,4)14(17)18/h5-8H,1-4H3. The van der Waals surface area contributed by atoms with Gasteiger partial charge in [0, 0.05) is 33.8 Å². The predicted molar refractivity (Wildman–Crippen MR) is 69.8 cm³/mol. The Morgan fingerprint density at radius 3 is 1.55 bits per heavy atom. The monoisotopic (exact) mass is 284 g/mol. The summed E-state index contributed by atoms with van der Waals surface area (Å²) >= 11 is 0. The van der Waals surface area contributed by atoms with Crippen molar-refractivity contribution in [1.29, 1.82) is 0 Å². The molecule has 0 aliphatic rings. The average Bonchev–Trinajstić information content (AvgIpc) is 2.27. The third-order valence-corrected chi connectivity index (χ3v) is 2.42. The highest BCUT2D eigenvalue weighted by molar-refractivity contribution is 5.33. The molecule has 8 nitrogen and oxygen atoms in total. The van der Waals surface area contributed by atoms with E-state index in [4.69, 9.17) is 9.47 Å². The number of benzene rings is 1. The topological polar surface area (TPSA) is 105 Å². The summed E-state index contributed by atoms with van der Waals surface area (Å²) in [5, 5.41) is 21.6. The van der Waals surface area contributed by atoms with Gasteiger partial charge in [-0.3, -0.25) is 20.2 Å². The Balaban J connectivity index is 2.92. The Morgan fingerprint density at radius 2 is 1.25 bits per heavy atom. The SMILES string of the molecule is CC(C)(Oc1cccc(OC(C)(C)[N+](=O)[O-])c1)[N+](=O)[O-]. The van der Waals surface area contributed by atoms with Gasteiger partial charge in [0.25, 0.3) is 0 Å². The van der Waals surface area contributed by atoms with Crippen LogP contribution in [0.3, 0.4) is 0 Å². The first-order valence-corrected chi connectivity index (χ1v) is 5.82. The lowest BCUT2D eigenvalue weighted by Gasteiger charge is -2.20. The van der Waals surface area contributed by atoms with Crippen LogP contribution in [0.5, 0.6) is 11.5 Å². The van der Waals surface area contributed by atoms with E-state index in [0.717, 1.165) is 0 Å². The van der Waals surface area contributed by atoms with Gasteiger partial charge in [0.1, 0.15) is 11.5 Å². The summed E-state index contributed by atoms with van der Waals surface area (Å²) in [6.07, 6.45) is 0. The molecule has 0 bridgehead atoms. The minimum atomic E-state index is -1.60. The molecule has 1 rings (SSSR count). The molecule has 1 aromatic carbocycles. The zero-order valence-corrected chi connectivity index (χ0v) is 11.7. The lowest BCUT2D eigenvalue weighted by molar-refractivity contribution is -0.605. The van der Waals surface area contributed by atoms with Gasteiger partial charge in [0.15, 0.2) is 0 Å². The van der Waals surface area contributed by atoms with Crippen LogP contribution in [0.25, 0.3) is 0 Å². The van der Waals surface area contributed by atoms with Gasteiger partial charge in [-0.15, -0.1) is 0 Å². The van der Waals surface area contributed by atoms with E-state index < -0.39 is 21.3 Å². The van der Waals surface area contributed by atoms with Crippen LogP contribution in [0.15, 0.2) is 24.3 Å². The summed E-state index contributed by atoms with van der Waals surface area (Å²) in [5.41, 5.74) is -3.20. The van der Waals surface area contributed by atoms with E-state index >= 15 is 0 Å². The fourth-order valence-corrected chi connectivity index (χ4v) is 1.25. The zero-order chi connectivity index (χ0) is 15.6. The second-order valence-electron chi connectivity index (χ2n) is 5.09. The van der Waals surface area contributed by atoms with Gasteiger partial charge in [-0.05, 0) is 12.1 Å². The van der Waals surface area contributed by atoms with Gasteiger partial charge in [0.2, 0.25) is 0 Å². The van der Waals surface area contributed by atoms with Crippen LogP contribution in [-0.4, -0.2) is 21.3 Å². The second-order valence-corrected chi connectivity index (χ2v) is 5.09. The Bertz CT molecular complexity index is 483. The maximum Gasteiger partial charge on any atom is 0.357 e. The number of rotatable bonds is 6. The van der Waals surface area contributed by atoms with E-state index in [1.54, 1.807) is 0 Å². The number of hydrogen-bond acceptors (Lipinski definition) is 6. The number of nitrogens with zero attached hydrogens (tertiary/aromatic N) is 2. The first-order valence-electron chi connectivity index (χ1n) is 5.82.